The zero-order chi connectivity index (χ0) is 12.5. The van der Waals surface area contributed by atoms with Gasteiger partial charge in [-0.15, -0.1) is 0 Å². The van der Waals surface area contributed by atoms with Crippen molar-refractivity contribution in [3.05, 3.63) is 29.3 Å². The topological polar surface area (TPSA) is 26.3 Å². The Morgan fingerprint density at radius 1 is 1.41 bits per heavy atom. The van der Waals surface area contributed by atoms with E-state index in [1.54, 1.807) is 7.11 Å². The summed E-state index contributed by atoms with van der Waals surface area (Å²) in [5, 5.41) is 0. The highest BCUT2D eigenvalue weighted by Crippen LogP contribution is 2.44. The Bertz CT molecular complexity index is 421. The molecule has 0 heterocycles. The van der Waals surface area contributed by atoms with E-state index >= 15 is 0 Å². The molecule has 0 spiro atoms. The first-order chi connectivity index (χ1) is 8.10. The van der Waals surface area contributed by atoms with Crippen LogP contribution in [0, 0.1) is 5.41 Å². The second-order valence-corrected chi connectivity index (χ2v) is 5.41. The zero-order valence-electron chi connectivity index (χ0n) is 10.8. The van der Waals surface area contributed by atoms with Gasteiger partial charge >= 0.3 is 0 Å². The number of carbonyl (C=O) groups is 1. The van der Waals surface area contributed by atoms with E-state index in [0.717, 1.165) is 31.3 Å². The highest BCUT2D eigenvalue weighted by atomic mass is 16.5. The minimum atomic E-state index is -0.290. The van der Waals surface area contributed by atoms with Gasteiger partial charge in [0.1, 0.15) is 12.0 Å². The first kappa shape index (κ1) is 12.2. The fourth-order valence-corrected chi connectivity index (χ4v) is 2.86. The van der Waals surface area contributed by atoms with E-state index < -0.39 is 0 Å². The van der Waals surface area contributed by atoms with E-state index in [9.17, 15) is 4.79 Å². The van der Waals surface area contributed by atoms with Crippen molar-refractivity contribution < 1.29 is 9.53 Å². The summed E-state index contributed by atoms with van der Waals surface area (Å²) in [4.78, 5) is 11.3. The van der Waals surface area contributed by atoms with Gasteiger partial charge in [-0.2, -0.15) is 0 Å². The molecule has 2 rings (SSSR count). The SMILES string of the molecule is COc1cccc2c1CCCC2C(C)(C)C=O. The Morgan fingerprint density at radius 2 is 2.18 bits per heavy atom. The summed E-state index contributed by atoms with van der Waals surface area (Å²) in [5.74, 6) is 1.28. The lowest BCUT2D eigenvalue weighted by Gasteiger charge is -2.35. The molecule has 1 atom stereocenters. The van der Waals surface area contributed by atoms with Crippen LogP contribution in [0.5, 0.6) is 5.75 Å². The summed E-state index contributed by atoms with van der Waals surface area (Å²) in [6, 6.07) is 6.18. The molecule has 1 unspecified atom stereocenters. The summed E-state index contributed by atoms with van der Waals surface area (Å²) in [7, 11) is 1.71. The third-order valence-electron chi connectivity index (χ3n) is 3.89. The van der Waals surface area contributed by atoms with Gasteiger partial charge in [-0.1, -0.05) is 26.0 Å². The number of rotatable bonds is 3. The van der Waals surface area contributed by atoms with Crippen molar-refractivity contribution in [2.24, 2.45) is 5.41 Å². The minimum Gasteiger partial charge on any atom is -0.496 e. The van der Waals surface area contributed by atoms with Crippen LogP contribution in [-0.4, -0.2) is 13.4 Å². The standard InChI is InChI=1S/C15H20O2/c1-15(2,10-16)13-8-4-7-12-11(13)6-5-9-14(12)17-3/h5-6,9-10,13H,4,7-8H2,1-3H3. The number of carbonyl (C=O) groups excluding carboxylic acids is 1. The highest BCUT2D eigenvalue weighted by Gasteiger charge is 2.34. The molecule has 92 valence electrons. The first-order valence-corrected chi connectivity index (χ1v) is 6.22. The maximum atomic E-state index is 11.3. The average Bonchev–Trinajstić information content (AvgIpc) is 2.37. The molecule has 17 heavy (non-hydrogen) atoms. The van der Waals surface area contributed by atoms with E-state index in [0.29, 0.717) is 5.92 Å². The Kier molecular flexibility index (Phi) is 3.23. The van der Waals surface area contributed by atoms with Gasteiger partial charge in [-0.25, -0.2) is 0 Å². The van der Waals surface area contributed by atoms with Gasteiger partial charge < -0.3 is 9.53 Å². The lowest BCUT2D eigenvalue weighted by Crippen LogP contribution is -2.27. The lowest BCUT2D eigenvalue weighted by atomic mass is 9.69. The molecule has 0 radical (unpaired) electrons. The average molecular weight is 232 g/mol. The smallest absolute Gasteiger partial charge is 0.126 e. The van der Waals surface area contributed by atoms with E-state index in [-0.39, 0.29) is 5.41 Å². The second kappa shape index (κ2) is 4.52. The summed E-state index contributed by atoms with van der Waals surface area (Å²) in [6.07, 6.45) is 4.37. The molecule has 0 saturated heterocycles. The van der Waals surface area contributed by atoms with Crippen LogP contribution in [-0.2, 0) is 11.2 Å². The Labute approximate surface area is 103 Å². The molecule has 2 nitrogen and oxygen atoms in total. The van der Waals surface area contributed by atoms with Crippen LogP contribution in [0.1, 0.15) is 43.7 Å². The van der Waals surface area contributed by atoms with E-state index in [2.05, 4.69) is 6.07 Å². The first-order valence-electron chi connectivity index (χ1n) is 6.22. The largest absolute Gasteiger partial charge is 0.496 e. The van der Waals surface area contributed by atoms with Crippen molar-refractivity contribution in [1.82, 2.24) is 0 Å². The van der Waals surface area contributed by atoms with Crippen LogP contribution in [0.2, 0.25) is 0 Å². The number of fused-ring (bicyclic) bond motifs is 1. The summed E-state index contributed by atoms with van der Waals surface area (Å²) >= 11 is 0. The van der Waals surface area contributed by atoms with Gasteiger partial charge in [-0.05, 0) is 42.4 Å². The minimum absolute atomic E-state index is 0.290. The molecule has 0 amide bonds. The van der Waals surface area contributed by atoms with Crippen molar-refractivity contribution >= 4 is 6.29 Å². The molecular weight excluding hydrogens is 212 g/mol. The number of benzene rings is 1. The lowest BCUT2D eigenvalue weighted by molar-refractivity contribution is -0.115. The molecule has 2 heteroatoms. The monoisotopic (exact) mass is 232 g/mol. The van der Waals surface area contributed by atoms with Gasteiger partial charge in [0.15, 0.2) is 0 Å². The molecule has 1 aromatic rings. The van der Waals surface area contributed by atoms with Gasteiger partial charge in [0, 0.05) is 5.41 Å². The van der Waals surface area contributed by atoms with Crippen LogP contribution in [0.3, 0.4) is 0 Å². The number of hydrogen-bond donors (Lipinski definition) is 0. The summed E-state index contributed by atoms with van der Waals surface area (Å²) in [6.45, 7) is 4.05. The summed E-state index contributed by atoms with van der Waals surface area (Å²) < 4.78 is 5.42. The van der Waals surface area contributed by atoms with Gasteiger partial charge in [0.2, 0.25) is 0 Å². The van der Waals surface area contributed by atoms with Crippen LogP contribution in [0.15, 0.2) is 18.2 Å². The molecule has 1 aliphatic rings. The predicted octanol–water partition coefficient (Wildman–Crippen LogP) is 3.34. The maximum absolute atomic E-state index is 11.3. The van der Waals surface area contributed by atoms with Crippen molar-refractivity contribution in [1.29, 1.82) is 0 Å². The fraction of sp³-hybridized carbons (Fsp3) is 0.533. The number of ether oxygens (including phenoxy) is 1. The Balaban J connectivity index is 2.48. The summed E-state index contributed by atoms with van der Waals surface area (Å²) in [5.41, 5.74) is 2.30. The molecular formula is C15H20O2. The van der Waals surface area contributed by atoms with Crippen molar-refractivity contribution in [2.75, 3.05) is 7.11 Å². The molecule has 0 aliphatic heterocycles. The number of aldehydes is 1. The molecule has 0 saturated carbocycles. The third-order valence-corrected chi connectivity index (χ3v) is 3.89. The fourth-order valence-electron chi connectivity index (χ4n) is 2.86. The maximum Gasteiger partial charge on any atom is 0.126 e. The second-order valence-electron chi connectivity index (χ2n) is 5.41. The van der Waals surface area contributed by atoms with Crippen molar-refractivity contribution in [2.45, 2.75) is 39.0 Å². The number of hydrogen-bond acceptors (Lipinski definition) is 2. The van der Waals surface area contributed by atoms with Crippen molar-refractivity contribution in [3.63, 3.8) is 0 Å². The van der Waals surface area contributed by atoms with Gasteiger partial charge in [0.05, 0.1) is 7.11 Å². The molecule has 0 N–H and O–H groups in total. The molecule has 0 fully saturated rings. The molecule has 1 aromatic carbocycles. The Morgan fingerprint density at radius 3 is 2.82 bits per heavy atom. The van der Waals surface area contributed by atoms with Crippen LogP contribution in [0.25, 0.3) is 0 Å². The van der Waals surface area contributed by atoms with Gasteiger partial charge in [0.25, 0.3) is 0 Å². The quantitative estimate of drug-likeness (QED) is 0.747. The van der Waals surface area contributed by atoms with E-state index in [1.165, 1.54) is 11.1 Å². The molecule has 1 aliphatic carbocycles. The predicted molar refractivity (Wildman–Crippen MR) is 68.5 cm³/mol. The number of methoxy groups -OCH3 is 1. The van der Waals surface area contributed by atoms with E-state index in [1.807, 2.05) is 26.0 Å². The Hall–Kier alpha value is -1.31. The normalized spacial score (nSPS) is 19.6. The van der Waals surface area contributed by atoms with Crippen LogP contribution < -0.4 is 4.74 Å². The molecule has 0 aromatic heterocycles. The zero-order valence-corrected chi connectivity index (χ0v) is 10.8. The third kappa shape index (κ3) is 2.08. The highest BCUT2D eigenvalue weighted by molar-refractivity contribution is 5.61. The molecule has 0 bridgehead atoms. The van der Waals surface area contributed by atoms with Crippen molar-refractivity contribution in [3.8, 4) is 5.75 Å². The van der Waals surface area contributed by atoms with Crippen LogP contribution >= 0.6 is 0 Å². The van der Waals surface area contributed by atoms with Gasteiger partial charge in [-0.3, -0.25) is 0 Å². The van der Waals surface area contributed by atoms with E-state index in [4.69, 9.17) is 4.74 Å². The van der Waals surface area contributed by atoms with Crippen LogP contribution in [0.4, 0.5) is 0 Å².